The summed E-state index contributed by atoms with van der Waals surface area (Å²) >= 11 is 0. The summed E-state index contributed by atoms with van der Waals surface area (Å²) in [5, 5.41) is 0. The van der Waals surface area contributed by atoms with Gasteiger partial charge in [-0.3, -0.25) is 13.8 Å². The highest BCUT2D eigenvalue weighted by molar-refractivity contribution is 7.86. The summed E-state index contributed by atoms with van der Waals surface area (Å²) < 4.78 is 34.0. The van der Waals surface area contributed by atoms with Crippen molar-refractivity contribution in [1.82, 2.24) is 0 Å². The second kappa shape index (κ2) is 8.40. The number of rotatable bonds is 8. The number of benzene rings is 1. The van der Waals surface area contributed by atoms with Gasteiger partial charge in [-0.15, -0.1) is 0 Å². The third kappa shape index (κ3) is 5.51. The molecule has 1 aliphatic carbocycles. The first-order valence-corrected chi connectivity index (χ1v) is 9.57. The highest BCUT2D eigenvalue weighted by Crippen LogP contribution is 2.22. The Kier molecular flexibility index (Phi) is 6.50. The van der Waals surface area contributed by atoms with Crippen LogP contribution in [0.25, 0.3) is 0 Å². The molecule has 1 aromatic carbocycles. The smallest absolute Gasteiger partial charge is 0.303 e. The number of hydrogen-bond donors (Lipinski definition) is 0. The third-order valence-electron chi connectivity index (χ3n) is 3.88. The first-order valence-electron chi connectivity index (χ1n) is 8.16. The van der Waals surface area contributed by atoms with Crippen LogP contribution in [0.5, 0.6) is 0 Å². The molecule has 0 radical (unpaired) electrons. The zero-order valence-electron chi connectivity index (χ0n) is 14.4. The molecule has 0 saturated carbocycles. The second-order valence-electron chi connectivity index (χ2n) is 5.97. The van der Waals surface area contributed by atoms with Crippen molar-refractivity contribution in [3.05, 3.63) is 41.5 Å². The van der Waals surface area contributed by atoms with Crippen LogP contribution in [-0.4, -0.2) is 32.9 Å². The van der Waals surface area contributed by atoms with E-state index in [1.807, 2.05) is 6.92 Å². The number of ketones is 1. The van der Waals surface area contributed by atoms with Gasteiger partial charge in [0.05, 0.1) is 11.5 Å². The van der Waals surface area contributed by atoms with Gasteiger partial charge in [-0.25, -0.2) is 0 Å². The van der Waals surface area contributed by atoms with E-state index in [9.17, 15) is 18.0 Å². The molecule has 1 unspecified atom stereocenters. The number of hydrogen-bond acceptors (Lipinski definition) is 6. The Hall–Kier alpha value is -1.99. The lowest BCUT2D eigenvalue weighted by atomic mass is 10.1. The molecule has 0 aromatic heterocycles. The summed E-state index contributed by atoms with van der Waals surface area (Å²) in [7, 11) is -3.75. The molecule has 2 rings (SSSR count). The number of unbranched alkanes of at least 4 members (excludes halogenated alkanes) is 1. The molecule has 0 fully saturated rings. The number of esters is 1. The molecule has 1 aliphatic rings. The van der Waals surface area contributed by atoms with Gasteiger partial charge < -0.3 is 4.74 Å². The fourth-order valence-corrected chi connectivity index (χ4v) is 3.49. The van der Waals surface area contributed by atoms with E-state index < -0.39 is 22.2 Å². The van der Waals surface area contributed by atoms with Gasteiger partial charge in [-0.1, -0.05) is 23.8 Å². The lowest BCUT2D eigenvalue weighted by molar-refractivity contribution is -0.150. The summed E-state index contributed by atoms with van der Waals surface area (Å²) in [6.45, 7) is 3.21. The summed E-state index contributed by atoms with van der Waals surface area (Å²) in [6.07, 6.45) is 3.13. The molecule has 0 heterocycles. The Labute approximate surface area is 147 Å². The minimum absolute atomic E-state index is 0.0606. The molecule has 1 aromatic rings. The van der Waals surface area contributed by atoms with Crippen LogP contribution in [-0.2, 0) is 28.6 Å². The largest absolute Gasteiger partial charge is 0.454 e. The van der Waals surface area contributed by atoms with Crippen molar-refractivity contribution in [2.24, 2.45) is 0 Å². The average molecular weight is 366 g/mol. The third-order valence-corrected chi connectivity index (χ3v) is 5.21. The fourth-order valence-electron chi connectivity index (χ4n) is 2.55. The zero-order valence-corrected chi connectivity index (χ0v) is 15.2. The molecular weight excluding hydrogens is 344 g/mol. The van der Waals surface area contributed by atoms with Crippen LogP contribution in [0.4, 0.5) is 0 Å². The molecule has 0 bridgehead atoms. The minimum Gasteiger partial charge on any atom is -0.454 e. The van der Waals surface area contributed by atoms with Crippen LogP contribution in [0, 0.1) is 6.92 Å². The van der Waals surface area contributed by atoms with Crippen molar-refractivity contribution in [2.45, 2.75) is 50.5 Å². The molecule has 0 spiro atoms. The molecule has 0 aliphatic heterocycles. The van der Waals surface area contributed by atoms with Crippen LogP contribution in [0.3, 0.4) is 0 Å². The lowest BCUT2D eigenvalue weighted by Gasteiger charge is -2.09. The maximum absolute atomic E-state index is 12.0. The number of Topliss-reactive ketones (excluding diaryl/α,β-unsaturated/α-hetero) is 1. The quantitative estimate of drug-likeness (QED) is 0.399. The highest BCUT2D eigenvalue weighted by atomic mass is 32.2. The van der Waals surface area contributed by atoms with E-state index in [2.05, 4.69) is 0 Å². The standard InChI is InChI=1S/C18H22O6S/c1-13-6-9-16(10-7-13)25(21,22)23-12-4-3-5-15-8-11-17(18(15)20)24-14(2)19/h6-10,17H,3-5,11-12H2,1-2H3. The van der Waals surface area contributed by atoms with E-state index in [4.69, 9.17) is 8.92 Å². The normalized spacial score (nSPS) is 17.4. The maximum Gasteiger partial charge on any atom is 0.303 e. The predicted octanol–water partition coefficient (Wildman–Crippen LogP) is 2.70. The van der Waals surface area contributed by atoms with Crippen molar-refractivity contribution >= 4 is 21.9 Å². The van der Waals surface area contributed by atoms with Crippen molar-refractivity contribution in [3.63, 3.8) is 0 Å². The van der Waals surface area contributed by atoms with Gasteiger partial charge in [-0.05, 0) is 43.9 Å². The van der Waals surface area contributed by atoms with E-state index in [-0.39, 0.29) is 17.3 Å². The van der Waals surface area contributed by atoms with Crippen molar-refractivity contribution < 1.29 is 26.9 Å². The zero-order chi connectivity index (χ0) is 18.4. The molecular formula is C18H22O6S. The van der Waals surface area contributed by atoms with Gasteiger partial charge >= 0.3 is 5.97 Å². The molecule has 7 heteroatoms. The molecule has 0 amide bonds. The van der Waals surface area contributed by atoms with E-state index in [1.54, 1.807) is 18.2 Å². The maximum atomic E-state index is 12.0. The van der Waals surface area contributed by atoms with E-state index >= 15 is 0 Å². The van der Waals surface area contributed by atoms with Gasteiger partial charge in [0.2, 0.25) is 0 Å². The Morgan fingerprint density at radius 1 is 1.20 bits per heavy atom. The van der Waals surface area contributed by atoms with E-state index in [1.165, 1.54) is 19.1 Å². The summed E-state index contributed by atoms with van der Waals surface area (Å²) in [4.78, 5) is 23.0. The molecule has 1 atom stereocenters. The Morgan fingerprint density at radius 3 is 2.52 bits per heavy atom. The molecule has 0 N–H and O–H groups in total. The second-order valence-corrected chi connectivity index (χ2v) is 7.59. The monoisotopic (exact) mass is 366 g/mol. The predicted molar refractivity (Wildman–Crippen MR) is 91.4 cm³/mol. The number of carbonyl (C=O) groups excluding carboxylic acids is 2. The summed E-state index contributed by atoms with van der Waals surface area (Å²) in [5.74, 6) is -0.633. The van der Waals surface area contributed by atoms with Gasteiger partial charge in [0.25, 0.3) is 10.1 Å². The van der Waals surface area contributed by atoms with Crippen LogP contribution in [0.15, 0.2) is 40.8 Å². The van der Waals surface area contributed by atoms with Gasteiger partial charge in [0.1, 0.15) is 0 Å². The van der Waals surface area contributed by atoms with Gasteiger partial charge in [0.15, 0.2) is 11.9 Å². The van der Waals surface area contributed by atoms with E-state index in [0.717, 1.165) is 5.56 Å². The van der Waals surface area contributed by atoms with Crippen LogP contribution in [0.2, 0.25) is 0 Å². The van der Waals surface area contributed by atoms with Crippen LogP contribution < -0.4 is 0 Å². The minimum atomic E-state index is -3.75. The molecule has 6 nitrogen and oxygen atoms in total. The van der Waals surface area contributed by atoms with Crippen molar-refractivity contribution in [1.29, 1.82) is 0 Å². The van der Waals surface area contributed by atoms with Crippen molar-refractivity contribution in [3.8, 4) is 0 Å². The molecule has 136 valence electrons. The number of aryl methyl sites for hydroxylation is 1. The highest BCUT2D eigenvalue weighted by Gasteiger charge is 2.29. The number of carbonyl (C=O) groups is 2. The lowest BCUT2D eigenvalue weighted by Crippen LogP contribution is -2.22. The van der Waals surface area contributed by atoms with E-state index in [0.29, 0.717) is 31.3 Å². The summed E-state index contributed by atoms with van der Waals surface area (Å²) in [6, 6.07) is 6.46. The first-order chi connectivity index (χ1) is 11.8. The van der Waals surface area contributed by atoms with Crippen LogP contribution >= 0.6 is 0 Å². The average Bonchev–Trinajstić information content (AvgIpc) is 2.87. The topological polar surface area (TPSA) is 86.7 Å². The van der Waals surface area contributed by atoms with Gasteiger partial charge in [-0.2, -0.15) is 8.42 Å². The Bertz CT molecular complexity index is 761. The van der Waals surface area contributed by atoms with Gasteiger partial charge in [0, 0.05) is 13.3 Å². The Morgan fingerprint density at radius 2 is 1.88 bits per heavy atom. The fraction of sp³-hybridized carbons (Fsp3) is 0.444. The molecule has 25 heavy (non-hydrogen) atoms. The SMILES string of the molecule is CC(=O)OC1CC=C(CCCCOS(=O)(=O)c2ccc(C)cc2)C1=O. The summed E-state index contributed by atoms with van der Waals surface area (Å²) in [5.41, 5.74) is 1.60. The first kappa shape index (κ1) is 19.3. The Balaban J connectivity index is 1.72. The van der Waals surface area contributed by atoms with Crippen molar-refractivity contribution in [2.75, 3.05) is 6.61 Å². The molecule has 0 saturated heterocycles. The number of ether oxygens (including phenoxy) is 1. The van der Waals surface area contributed by atoms with Crippen LogP contribution in [0.1, 0.15) is 38.2 Å².